The van der Waals surface area contributed by atoms with Gasteiger partial charge in [-0.25, -0.2) is 9.99 Å². The SMILES string of the molecule is CC(C)(C)n1ccnc(NN2CCCCC2)c1=O. The van der Waals surface area contributed by atoms with Crippen LogP contribution in [0.3, 0.4) is 0 Å². The summed E-state index contributed by atoms with van der Waals surface area (Å²) >= 11 is 0. The van der Waals surface area contributed by atoms with Crippen LogP contribution >= 0.6 is 0 Å². The number of aromatic nitrogens is 2. The molecule has 0 amide bonds. The van der Waals surface area contributed by atoms with Crippen LogP contribution in [0.4, 0.5) is 5.82 Å². The maximum Gasteiger partial charge on any atom is 0.295 e. The van der Waals surface area contributed by atoms with Gasteiger partial charge < -0.3 is 4.57 Å². The Morgan fingerprint density at radius 3 is 2.50 bits per heavy atom. The highest BCUT2D eigenvalue weighted by Crippen LogP contribution is 2.12. The lowest BCUT2D eigenvalue weighted by atomic mass is 10.1. The van der Waals surface area contributed by atoms with Crippen molar-refractivity contribution in [3.63, 3.8) is 0 Å². The van der Waals surface area contributed by atoms with Gasteiger partial charge in [0.2, 0.25) is 5.82 Å². The Morgan fingerprint density at radius 2 is 1.89 bits per heavy atom. The molecule has 1 N–H and O–H groups in total. The van der Waals surface area contributed by atoms with E-state index in [1.165, 1.54) is 19.3 Å². The van der Waals surface area contributed by atoms with Crippen LogP contribution < -0.4 is 11.0 Å². The molecular formula is C13H22N4O. The third-order valence-corrected chi connectivity index (χ3v) is 3.18. The van der Waals surface area contributed by atoms with Crippen molar-refractivity contribution in [3.05, 3.63) is 22.7 Å². The van der Waals surface area contributed by atoms with E-state index in [9.17, 15) is 4.79 Å². The summed E-state index contributed by atoms with van der Waals surface area (Å²) < 4.78 is 1.71. The van der Waals surface area contributed by atoms with E-state index >= 15 is 0 Å². The largest absolute Gasteiger partial charge is 0.306 e. The Labute approximate surface area is 108 Å². The van der Waals surface area contributed by atoms with Crippen LogP contribution in [0.15, 0.2) is 17.2 Å². The number of hydrazine groups is 1. The summed E-state index contributed by atoms with van der Waals surface area (Å²) in [6.45, 7) is 7.99. The summed E-state index contributed by atoms with van der Waals surface area (Å²) in [4.78, 5) is 16.5. The van der Waals surface area contributed by atoms with Crippen LogP contribution in [-0.2, 0) is 5.54 Å². The fourth-order valence-corrected chi connectivity index (χ4v) is 2.17. The van der Waals surface area contributed by atoms with Crippen LogP contribution in [0.25, 0.3) is 0 Å². The second kappa shape index (κ2) is 5.10. The molecule has 1 fully saturated rings. The van der Waals surface area contributed by atoms with Crippen molar-refractivity contribution in [3.8, 4) is 0 Å². The van der Waals surface area contributed by atoms with Gasteiger partial charge in [-0.2, -0.15) is 0 Å². The van der Waals surface area contributed by atoms with E-state index in [1.54, 1.807) is 17.0 Å². The number of hydrogen-bond donors (Lipinski definition) is 1. The third-order valence-electron chi connectivity index (χ3n) is 3.18. The van der Waals surface area contributed by atoms with Gasteiger partial charge in [0, 0.05) is 31.0 Å². The summed E-state index contributed by atoms with van der Waals surface area (Å²) in [5.74, 6) is 0.425. The molecule has 5 heteroatoms. The molecule has 1 aromatic heterocycles. The topological polar surface area (TPSA) is 50.2 Å². The zero-order chi connectivity index (χ0) is 13.2. The van der Waals surface area contributed by atoms with Crippen molar-refractivity contribution in [2.45, 2.75) is 45.6 Å². The molecule has 0 aliphatic carbocycles. The first-order chi connectivity index (χ1) is 8.48. The molecule has 1 saturated heterocycles. The molecule has 1 aromatic rings. The van der Waals surface area contributed by atoms with Crippen molar-refractivity contribution in [1.82, 2.24) is 14.6 Å². The molecule has 5 nitrogen and oxygen atoms in total. The zero-order valence-electron chi connectivity index (χ0n) is 11.4. The van der Waals surface area contributed by atoms with E-state index in [1.807, 2.05) is 20.8 Å². The molecular weight excluding hydrogens is 228 g/mol. The van der Waals surface area contributed by atoms with Crippen molar-refractivity contribution >= 4 is 5.82 Å². The highest BCUT2D eigenvalue weighted by atomic mass is 16.1. The van der Waals surface area contributed by atoms with Crippen molar-refractivity contribution in [2.75, 3.05) is 18.5 Å². The van der Waals surface area contributed by atoms with Crippen LogP contribution in [0.5, 0.6) is 0 Å². The van der Waals surface area contributed by atoms with E-state index < -0.39 is 0 Å². The van der Waals surface area contributed by atoms with Gasteiger partial charge in [-0.1, -0.05) is 6.42 Å². The minimum atomic E-state index is -0.224. The second-order valence-corrected chi connectivity index (χ2v) is 5.78. The Kier molecular flexibility index (Phi) is 3.71. The maximum absolute atomic E-state index is 12.3. The number of anilines is 1. The normalized spacial score (nSPS) is 17.7. The Balaban J connectivity index is 2.21. The van der Waals surface area contributed by atoms with Crippen LogP contribution in [-0.4, -0.2) is 27.6 Å². The van der Waals surface area contributed by atoms with E-state index in [0.717, 1.165) is 13.1 Å². The molecule has 1 aliphatic heterocycles. The number of hydrogen-bond acceptors (Lipinski definition) is 4. The highest BCUT2D eigenvalue weighted by molar-refractivity contribution is 5.29. The summed E-state index contributed by atoms with van der Waals surface area (Å²) in [5.41, 5.74) is 2.87. The fraction of sp³-hybridized carbons (Fsp3) is 0.692. The lowest BCUT2D eigenvalue weighted by molar-refractivity contribution is 0.270. The van der Waals surface area contributed by atoms with Crippen LogP contribution in [0.2, 0.25) is 0 Å². The average molecular weight is 250 g/mol. The Morgan fingerprint density at radius 1 is 1.22 bits per heavy atom. The van der Waals surface area contributed by atoms with Crippen LogP contribution in [0, 0.1) is 0 Å². The molecule has 1 aliphatic rings. The number of rotatable bonds is 2. The number of nitrogens with zero attached hydrogens (tertiary/aromatic N) is 3. The lowest BCUT2D eigenvalue weighted by Crippen LogP contribution is -2.40. The molecule has 0 spiro atoms. The standard InChI is InChI=1S/C13H22N4O/c1-13(2,3)17-10-7-14-11(12(17)18)15-16-8-5-4-6-9-16/h7,10H,4-6,8-9H2,1-3H3,(H,14,15). The van der Waals surface area contributed by atoms with Gasteiger partial charge in [0.15, 0.2) is 0 Å². The van der Waals surface area contributed by atoms with Gasteiger partial charge >= 0.3 is 0 Å². The van der Waals surface area contributed by atoms with Gasteiger partial charge in [0.25, 0.3) is 5.56 Å². The molecule has 0 atom stereocenters. The van der Waals surface area contributed by atoms with E-state index in [0.29, 0.717) is 5.82 Å². The fourth-order valence-electron chi connectivity index (χ4n) is 2.17. The maximum atomic E-state index is 12.3. The van der Waals surface area contributed by atoms with Crippen molar-refractivity contribution in [1.29, 1.82) is 0 Å². The molecule has 0 saturated carbocycles. The third kappa shape index (κ3) is 2.90. The van der Waals surface area contributed by atoms with Crippen LogP contribution in [0.1, 0.15) is 40.0 Å². The predicted octanol–water partition coefficient (Wildman–Crippen LogP) is 1.81. The molecule has 0 radical (unpaired) electrons. The van der Waals surface area contributed by atoms with E-state index in [4.69, 9.17) is 0 Å². The first kappa shape index (κ1) is 13.1. The summed E-state index contributed by atoms with van der Waals surface area (Å²) in [6, 6.07) is 0. The van der Waals surface area contributed by atoms with Crippen molar-refractivity contribution < 1.29 is 0 Å². The monoisotopic (exact) mass is 250 g/mol. The van der Waals surface area contributed by atoms with Gasteiger partial charge in [0.05, 0.1) is 0 Å². The van der Waals surface area contributed by atoms with E-state index in [2.05, 4.69) is 15.4 Å². The smallest absolute Gasteiger partial charge is 0.295 e. The number of nitrogens with one attached hydrogen (secondary N) is 1. The van der Waals surface area contributed by atoms with Gasteiger partial charge in [0.1, 0.15) is 0 Å². The van der Waals surface area contributed by atoms with Gasteiger partial charge in [-0.15, -0.1) is 0 Å². The molecule has 0 unspecified atom stereocenters. The summed E-state index contributed by atoms with van der Waals surface area (Å²) in [6.07, 6.45) is 7.04. The Bertz CT molecular complexity index is 455. The molecule has 2 rings (SSSR count). The molecule has 18 heavy (non-hydrogen) atoms. The average Bonchev–Trinajstić information content (AvgIpc) is 2.32. The summed E-state index contributed by atoms with van der Waals surface area (Å²) in [7, 11) is 0. The lowest BCUT2D eigenvalue weighted by Gasteiger charge is -2.28. The molecule has 0 aromatic carbocycles. The molecule has 2 heterocycles. The highest BCUT2D eigenvalue weighted by Gasteiger charge is 2.18. The second-order valence-electron chi connectivity index (χ2n) is 5.78. The van der Waals surface area contributed by atoms with Gasteiger partial charge in [-0.3, -0.25) is 10.2 Å². The van der Waals surface area contributed by atoms with E-state index in [-0.39, 0.29) is 11.1 Å². The summed E-state index contributed by atoms with van der Waals surface area (Å²) in [5, 5.41) is 2.08. The first-order valence-corrected chi connectivity index (χ1v) is 6.58. The predicted molar refractivity (Wildman–Crippen MR) is 72.5 cm³/mol. The minimum absolute atomic E-state index is 0.0597. The first-order valence-electron chi connectivity index (χ1n) is 6.58. The minimum Gasteiger partial charge on any atom is -0.306 e. The zero-order valence-corrected chi connectivity index (χ0v) is 11.4. The van der Waals surface area contributed by atoms with Gasteiger partial charge in [-0.05, 0) is 33.6 Å². The quantitative estimate of drug-likeness (QED) is 0.869. The Hall–Kier alpha value is -1.36. The number of piperidine rings is 1. The van der Waals surface area contributed by atoms with Crippen molar-refractivity contribution in [2.24, 2.45) is 0 Å². The molecule has 0 bridgehead atoms. The molecule has 100 valence electrons.